The fraction of sp³-hybridized carbons (Fsp3) is 0.0492. The van der Waals surface area contributed by atoms with Crippen molar-refractivity contribution in [1.29, 1.82) is 0 Å². The fourth-order valence-electron chi connectivity index (χ4n) is 10.9. The van der Waals surface area contributed by atoms with E-state index in [9.17, 15) is 0 Å². The molecule has 302 valence electrons. The monoisotopic (exact) mass is 817 g/mol. The molecule has 0 amide bonds. The summed E-state index contributed by atoms with van der Waals surface area (Å²) in [6.45, 7) is 4.79. The first-order valence-corrected chi connectivity index (χ1v) is 22.3. The lowest BCUT2D eigenvalue weighted by Gasteiger charge is -2.29. The summed E-state index contributed by atoms with van der Waals surface area (Å²) in [6, 6.07) is 82.6. The van der Waals surface area contributed by atoms with Crippen LogP contribution < -0.4 is 4.90 Å². The Bertz CT molecular complexity index is 3760. The van der Waals surface area contributed by atoms with Crippen molar-refractivity contribution in [2.75, 3.05) is 4.90 Å². The van der Waals surface area contributed by atoms with E-state index < -0.39 is 0 Å². The SMILES string of the molecule is CC1(C)c2cc(-c3ccc4c5ccccc5n(-c5ccccc5)c4c3)ccc2-c2ccc(N(c3ccccc3)c3ccc(-n4c5ccccc5c5ccccc54)c4ccccc34)cc21. The van der Waals surface area contributed by atoms with Crippen molar-refractivity contribution in [2.45, 2.75) is 19.3 Å². The number of hydrogen-bond acceptors (Lipinski definition) is 1. The van der Waals surface area contributed by atoms with Crippen LogP contribution in [-0.2, 0) is 5.41 Å². The summed E-state index contributed by atoms with van der Waals surface area (Å²) in [4.78, 5) is 2.45. The van der Waals surface area contributed by atoms with E-state index in [0.29, 0.717) is 0 Å². The Hall–Kier alpha value is -8.14. The van der Waals surface area contributed by atoms with Crippen LogP contribution >= 0.6 is 0 Å². The van der Waals surface area contributed by atoms with Gasteiger partial charge in [-0.05, 0) is 112 Å². The normalized spacial score (nSPS) is 13.0. The largest absolute Gasteiger partial charge is 0.310 e. The topological polar surface area (TPSA) is 13.1 Å². The zero-order chi connectivity index (χ0) is 42.5. The van der Waals surface area contributed by atoms with Crippen LogP contribution in [0.5, 0.6) is 0 Å². The van der Waals surface area contributed by atoms with E-state index in [4.69, 9.17) is 0 Å². The molecule has 0 atom stereocenters. The van der Waals surface area contributed by atoms with Gasteiger partial charge in [0.05, 0.1) is 33.4 Å². The number of aromatic nitrogens is 2. The smallest absolute Gasteiger partial charge is 0.0547 e. The standard InChI is InChI=1S/C61H43N3/c1-61(2)53-37-40(41-30-33-52-51-25-11-14-26-55(51)63(60(52)38-41)43-19-7-4-8-20-43)29-32-45(53)46-34-31-44(39-54(46)61)62(42-17-5-3-6-18-42)58-35-36-59(50-22-10-9-21-49(50)58)64-56-27-15-12-23-47(56)48-24-13-16-28-57(48)64/h3-39H,1-2H3. The Labute approximate surface area is 372 Å². The van der Waals surface area contributed by atoms with Crippen molar-refractivity contribution in [3.8, 4) is 33.6 Å². The molecule has 10 aromatic carbocycles. The van der Waals surface area contributed by atoms with Crippen LogP contribution in [-0.4, -0.2) is 9.13 Å². The molecule has 13 rings (SSSR count). The van der Waals surface area contributed by atoms with Crippen molar-refractivity contribution in [3.05, 3.63) is 236 Å². The molecule has 64 heavy (non-hydrogen) atoms. The molecule has 0 aliphatic heterocycles. The zero-order valence-electron chi connectivity index (χ0n) is 35.7. The van der Waals surface area contributed by atoms with Crippen LogP contribution in [0.25, 0.3) is 88.0 Å². The van der Waals surface area contributed by atoms with Crippen LogP contribution in [0.3, 0.4) is 0 Å². The summed E-state index contributed by atoms with van der Waals surface area (Å²) in [7, 11) is 0. The Morgan fingerprint density at radius 1 is 0.344 bits per heavy atom. The Kier molecular flexibility index (Phi) is 7.95. The highest BCUT2D eigenvalue weighted by Gasteiger charge is 2.36. The molecule has 0 radical (unpaired) electrons. The van der Waals surface area contributed by atoms with Gasteiger partial charge in [-0.15, -0.1) is 0 Å². The molecule has 12 aromatic rings. The summed E-state index contributed by atoms with van der Waals surface area (Å²) in [5.74, 6) is 0. The number of hydrogen-bond donors (Lipinski definition) is 0. The first-order valence-electron chi connectivity index (χ1n) is 22.3. The highest BCUT2D eigenvalue weighted by atomic mass is 15.1. The van der Waals surface area contributed by atoms with Crippen molar-refractivity contribution in [2.24, 2.45) is 0 Å². The predicted octanol–water partition coefficient (Wildman–Crippen LogP) is 16.5. The van der Waals surface area contributed by atoms with Crippen LogP contribution in [0.2, 0.25) is 0 Å². The molecule has 3 heteroatoms. The third-order valence-corrected chi connectivity index (χ3v) is 13.9. The molecule has 3 nitrogen and oxygen atoms in total. The molecule has 0 bridgehead atoms. The predicted molar refractivity (Wildman–Crippen MR) is 270 cm³/mol. The van der Waals surface area contributed by atoms with Gasteiger partial charge in [0.15, 0.2) is 0 Å². The molecule has 1 aliphatic rings. The number of benzene rings is 10. The van der Waals surface area contributed by atoms with E-state index in [0.717, 1.165) is 17.1 Å². The van der Waals surface area contributed by atoms with Crippen molar-refractivity contribution in [3.63, 3.8) is 0 Å². The molecule has 0 spiro atoms. The molecular weight excluding hydrogens is 775 g/mol. The van der Waals surface area contributed by atoms with E-state index >= 15 is 0 Å². The summed E-state index contributed by atoms with van der Waals surface area (Å²) in [6.07, 6.45) is 0. The first-order chi connectivity index (χ1) is 31.5. The van der Waals surface area contributed by atoms with Gasteiger partial charge in [0, 0.05) is 54.8 Å². The van der Waals surface area contributed by atoms with E-state index in [-0.39, 0.29) is 5.41 Å². The van der Waals surface area contributed by atoms with Gasteiger partial charge in [-0.1, -0.05) is 159 Å². The second kappa shape index (κ2) is 13.9. The van der Waals surface area contributed by atoms with Gasteiger partial charge >= 0.3 is 0 Å². The van der Waals surface area contributed by atoms with Crippen molar-refractivity contribution >= 4 is 71.4 Å². The third kappa shape index (κ3) is 5.34. The van der Waals surface area contributed by atoms with E-state index in [1.165, 1.54) is 99.1 Å². The van der Waals surface area contributed by atoms with Gasteiger partial charge in [-0.2, -0.15) is 0 Å². The maximum Gasteiger partial charge on any atom is 0.0547 e. The molecule has 0 unspecified atom stereocenters. The van der Waals surface area contributed by atoms with Crippen molar-refractivity contribution in [1.82, 2.24) is 9.13 Å². The van der Waals surface area contributed by atoms with Crippen LogP contribution in [0.4, 0.5) is 17.1 Å². The highest BCUT2D eigenvalue weighted by Crippen LogP contribution is 2.52. The van der Waals surface area contributed by atoms with E-state index in [1.54, 1.807) is 0 Å². The van der Waals surface area contributed by atoms with Gasteiger partial charge in [0.1, 0.15) is 0 Å². The Morgan fingerprint density at radius 2 is 0.844 bits per heavy atom. The molecule has 1 aliphatic carbocycles. The van der Waals surface area contributed by atoms with Crippen molar-refractivity contribution < 1.29 is 0 Å². The molecule has 0 saturated heterocycles. The molecule has 0 saturated carbocycles. The Morgan fingerprint density at radius 3 is 1.52 bits per heavy atom. The Balaban J connectivity index is 0.936. The number of fused-ring (bicyclic) bond motifs is 10. The summed E-state index contributed by atoms with van der Waals surface area (Å²) < 4.78 is 4.84. The molecule has 0 fully saturated rings. The zero-order valence-corrected chi connectivity index (χ0v) is 35.7. The van der Waals surface area contributed by atoms with E-state index in [2.05, 4.69) is 252 Å². The fourth-order valence-corrected chi connectivity index (χ4v) is 10.9. The average Bonchev–Trinajstić information content (AvgIpc) is 3.94. The summed E-state index contributed by atoms with van der Waals surface area (Å²) in [5.41, 5.74) is 18.1. The minimum atomic E-state index is -0.232. The maximum absolute atomic E-state index is 2.45. The second-order valence-electron chi connectivity index (χ2n) is 17.7. The lowest BCUT2D eigenvalue weighted by Crippen LogP contribution is -2.17. The minimum absolute atomic E-state index is 0.232. The highest BCUT2D eigenvalue weighted by molar-refractivity contribution is 6.12. The van der Waals surface area contributed by atoms with Crippen LogP contribution in [0.1, 0.15) is 25.0 Å². The quantitative estimate of drug-likeness (QED) is 0.163. The third-order valence-electron chi connectivity index (χ3n) is 13.9. The molecule has 2 heterocycles. The van der Waals surface area contributed by atoms with Gasteiger partial charge in [-0.3, -0.25) is 0 Å². The summed E-state index contributed by atoms with van der Waals surface area (Å²) in [5, 5.41) is 7.46. The van der Waals surface area contributed by atoms with Gasteiger partial charge in [-0.25, -0.2) is 0 Å². The molecular formula is C61H43N3. The molecule has 2 aromatic heterocycles. The van der Waals surface area contributed by atoms with Crippen LogP contribution in [0.15, 0.2) is 224 Å². The number of nitrogens with zero attached hydrogens (tertiary/aromatic N) is 3. The summed E-state index contributed by atoms with van der Waals surface area (Å²) >= 11 is 0. The number of anilines is 3. The number of rotatable bonds is 6. The van der Waals surface area contributed by atoms with Gasteiger partial charge < -0.3 is 14.0 Å². The first kappa shape index (κ1) is 36.5. The second-order valence-corrected chi connectivity index (χ2v) is 17.7. The minimum Gasteiger partial charge on any atom is -0.310 e. The lowest BCUT2D eigenvalue weighted by molar-refractivity contribution is 0.660. The van der Waals surface area contributed by atoms with Gasteiger partial charge in [0.2, 0.25) is 0 Å². The average molecular weight is 818 g/mol. The van der Waals surface area contributed by atoms with E-state index in [1.807, 2.05) is 0 Å². The maximum atomic E-state index is 2.45. The van der Waals surface area contributed by atoms with Crippen LogP contribution in [0, 0.1) is 0 Å². The lowest BCUT2D eigenvalue weighted by atomic mass is 9.81. The number of para-hydroxylation sites is 5. The molecule has 0 N–H and O–H groups in total. The van der Waals surface area contributed by atoms with Gasteiger partial charge in [0.25, 0.3) is 0 Å².